The first-order valence-corrected chi connectivity index (χ1v) is 10.6. The Balaban J connectivity index is 1.52. The Kier molecular flexibility index (Phi) is 5.22. The summed E-state index contributed by atoms with van der Waals surface area (Å²) in [6.45, 7) is 2.76. The van der Waals surface area contributed by atoms with Crippen LogP contribution >= 0.6 is 0 Å². The number of aryl methyl sites for hydroxylation is 1. The number of rotatable bonds is 5. The van der Waals surface area contributed by atoms with Gasteiger partial charge in [-0.25, -0.2) is 9.37 Å². The van der Waals surface area contributed by atoms with E-state index in [4.69, 9.17) is 9.15 Å². The number of aromatic nitrogens is 2. The number of ether oxygens (including phenoxy) is 1. The number of amides is 1. The summed E-state index contributed by atoms with van der Waals surface area (Å²) in [7, 11) is 0. The van der Waals surface area contributed by atoms with Crippen molar-refractivity contribution in [1.29, 1.82) is 0 Å². The van der Waals surface area contributed by atoms with E-state index < -0.39 is 11.7 Å². The van der Waals surface area contributed by atoms with Crippen LogP contribution in [0.1, 0.15) is 34.8 Å². The minimum absolute atomic E-state index is 0.0580. The summed E-state index contributed by atoms with van der Waals surface area (Å²) >= 11 is 0. The summed E-state index contributed by atoms with van der Waals surface area (Å²) in [5.74, 6) is -0.480. The van der Waals surface area contributed by atoms with E-state index in [1.165, 1.54) is 6.07 Å². The molecule has 1 unspecified atom stereocenters. The molecule has 4 aromatic rings. The highest BCUT2D eigenvalue weighted by Gasteiger charge is 2.28. The number of halogens is 1. The van der Waals surface area contributed by atoms with Crippen LogP contribution in [-0.4, -0.2) is 40.0 Å². The summed E-state index contributed by atoms with van der Waals surface area (Å²) in [6.07, 6.45) is 1.64. The Bertz CT molecular complexity index is 1370. The van der Waals surface area contributed by atoms with E-state index in [1.807, 2.05) is 0 Å². The number of furan rings is 1. The van der Waals surface area contributed by atoms with Gasteiger partial charge in [-0.3, -0.25) is 9.59 Å². The predicted octanol–water partition coefficient (Wildman–Crippen LogP) is 3.94. The van der Waals surface area contributed by atoms with Gasteiger partial charge in [0.15, 0.2) is 17.2 Å². The summed E-state index contributed by atoms with van der Waals surface area (Å²) in [6, 6.07) is 11.6. The Hall–Kier alpha value is -3.52. The number of hydrogen-bond acceptors (Lipinski definition) is 5. The normalized spacial score (nSPS) is 16.1. The van der Waals surface area contributed by atoms with Gasteiger partial charge < -0.3 is 19.0 Å². The molecule has 32 heavy (non-hydrogen) atoms. The van der Waals surface area contributed by atoms with E-state index in [2.05, 4.69) is 9.97 Å². The van der Waals surface area contributed by atoms with Gasteiger partial charge in [0.25, 0.3) is 11.5 Å². The minimum Gasteiger partial charge on any atom is -0.448 e. The van der Waals surface area contributed by atoms with Crippen molar-refractivity contribution >= 4 is 27.8 Å². The Morgan fingerprint density at radius 2 is 2.03 bits per heavy atom. The van der Waals surface area contributed by atoms with Crippen LogP contribution in [0.15, 0.2) is 51.7 Å². The fourth-order valence-electron chi connectivity index (χ4n) is 4.20. The van der Waals surface area contributed by atoms with Crippen LogP contribution in [0.25, 0.3) is 21.9 Å². The molecule has 1 aliphatic rings. The molecule has 8 heteroatoms. The monoisotopic (exact) mass is 435 g/mol. The lowest BCUT2D eigenvalue weighted by atomic mass is 10.1. The van der Waals surface area contributed by atoms with E-state index in [9.17, 15) is 14.0 Å². The molecule has 0 saturated carbocycles. The van der Waals surface area contributed by atoms with E-state index in [1.54, 1.807) is 48.2 Å². The third kappa shape index (κ3) is 3.67. The maximum Gasteiger partial charge on any atom is 0.290 e. The van der Waals surface area contributed by atoms with Gasteiger partial charge in [-0.05, 0) is 38.0 Å². The van der Waals surface area contributed by atoms with E-state index in [0.29, 0.717) is 40.8 Å². The second-order valence-electron chi connectivity index (χ2n) is 8.02. The number of carbonyl (C=O) groups is 1. The molecule has 1 atom stereocenters. The lowest BCUT2D eigenvalue weighted by molar-refractivity contribution is 0.0478. The highest BCUT2D eigenvalue weighted by Crippen LogP contribution is 2.29. The number of para-hydroxylation sites is 2. The summed E-state index contributed by atoms with van der Waals surface area (Å²) in [5, 5.41) is 1.04. The second kappa shape index (κ2) is 8.20. The first-order chi connectivity index (χ1) is 15.5. The van der Waals surface area contributed by atoms with Crippen LogP contribution in [0.3, 0.4) is 0 Å². The molecule has 1 fully saturated rings. The van der Waals surface area contributed by atoms with Crippen molar-refractivity contribution in [2.75, 3.05) is 13.2 Å². The number of hydrogen-bond donors (Lipinski definition) is 1. The SMILES string of the molecule is Cc1c(C(=O)N(Cc2nc3ccccc3c(=O)[nH]2)CC2CCCO2)oc2c(F)cccc12. The lowest BCUT2D eigenvalue weighted by Crippen LogP contribution is -2.38. The predicted molar refractivity (Wildman–Crippen MR) is 117 cm³/mol. The second-order valence-corrected chi connectivity index (χ2v) is 8.02. The summed E-state index contributed by atoms with van der Waals surface area (Å²) in [5.41, 5.74) is 0.916. The average Bonchev–Trinajstić information content (AvgIpc) is 3.42. The quantitative estimate of drug-likeness (QED) is 0.513. The zero-order chi connectivity index (χ0) is 22.2. The van der Waals surface area contributed by atoms with Gasteiger partial charge in [-0.1, -0.05) is 24.3 Å². The van der Waals surface area contributed by atoms with Gasteiger partial charge >= 0.3 is 0 Å². The lowest BCUT2D eigenvalue weighted by Gasteiger charge is -2.24. The summed E-state index contributed by atoms with van der Waals surface area (Å²) in [4.78, 5) is 34.9. The Morgan fingerprint density at radius 3 is 2.81 bits per heavy atom. The van der Waals surface area contributed by atoms with Crippen LogP contribution in [0.5, 0.6) is 0 Å². The molecule has 0 spiro atoms. The van der Waals surface area contributed by atoms with E-state index in [-0.39, 0.29) is 29.6 Å². The third-order valence-corrected chi connectivity index (χ3v) is 5.85. The molecule has 0 bridgehead atoms. The van der Waals surface area contributed by atoms with Gasteiger partial charge in [0, 0.05) is 24.1 Å². The molecule has 1 aliphatic heterocycles. The fraction of sp³-hybridized carbons (Fsp3) is 0.292. The number of nitrogens with zero attached hydrogens (tertiary/aromatic N) is 2. The van der Waals surface area contributed by atoms with Crippen LogP contribution in [0, 0.1) is 12.7 Å². The fourth-order valence-corrected chi connectivity index (χ4v) is 4.20. The molecule has 0 radical (unpaired) electrons. The van der Waals surface area contributed by atoms with Gasteiger partial charge in [-0.2, -0.15) is 0 Å². The number of benzene rings is 2. The molecule has 1 N–H and O–H groups in total. The van der Waals surface area contributed by atoms with Crippen LogP contribution in [0.2, 0.25) is 0 Å². The van der Waals surface area contributed by atoms with Crippen LogP contribution in [0.4, 0.5) is 4.39 Å². The molecule has 3 heterocycles. The number of carbonyl (C=O) groups excluding carboxylic acids is 1. The van der Waals surface area contributed by atoms with Gasteiger partial charge in [-0.15, -0.1) is 0 Å². The highest BCUT2D eigenvalue weighted by molar-refractivity contribution is 5.99. The van der Waals surface area contributed by atoms with Crippen molar-refractivity contribution < 1.29 is 18.3 Å². The van der Waals surface area contributed by atoms with Crippen molar-refractivity contribution in [3.8, 4) is 0 Å². The van der Waals surface area contributed by atoms with E-state index >= 15 is 0 Å². The third-order valence-electron chi connectivity index (χ3n) is 5.85. The van der Waals surface area contributed by atoms with E-state index in [0.717, 1.165) is 12.8 Å². The number of aromatic amines is 1. The maximum atomic E-state index is 14.2. The van der Waals surface area contributed by atoms with Gasteiger partial charge in [0.05, 0.1) is 23.6 Å². The molecule has 7 nitrogen and oxygen atoms in total. The van der Waals surface area contributed by atoms with Crippen molar-refractivity contribution in [3.63, 3.8) is 0 Å². The van der Waals surface area contributed by atoms with Crippen LogP contribution < -0.4 is 5.56 Å². The van der Waals surface area contributed by atoms with Crippen molar-refractivity contribution in [1.82, 2.24) is 14.9 Å². The maximum absolute atomic E-state index is 14.2. The first kappa shape index (κ1) is 20.4. The highest BCUT2D eigenvalue weighted by atomic mass is 19.1. The van der Waals surface area contributed by atoms with Crippen molar-refractivity contribution in [3.05, 3.63) is 75.8 Å². The zero-order valence-electron chi connectivity index (χ0n) is 17.6. The molecule has 2 aromatic carbocycles. The molecular formula is C24H22FN3O4. The Morgan fingerprint density at radius 1 is 1.22 bits per heavy atom. The molecule has 5 rings (SSSR count). The molecule has 164 valence electrons. The number of fused-ring (bicyclic) bond motifs is 2. The van der Waals surface area contributed by atoms with Crippen molar-refractivity contribution in [2.45, 2.75) is 32.4 Å². The van der Waals surface area contributed by atoms with Crippen molar-refractivity contribution in [2.24, 2.45) is 0 Å². The largest absolute Gasteiger partial charge is 0.448 e. The summed E-state index contributed by atoms with van der Waals surface area (Å²) < 4.78 is 25.6. The molecule has 0 aliphatic carbocycles. The minimum atomic E-state index is -0.518. The topological polar surface area (TPSA) is 88.4 Å². The molecular weight excluding hydrogens is 413 g/mol. The van der Waals surface area contributed by atoms with Crippen LogP contribution in [-0.2, 0) is 11.3 Å². The smallest absolute Gasteiger partial charge is 0.290 e. The molecule has 1 amide bonds. The Labute approximate surface area is 182 Å². The van der Waals surface area contributed by atoms with Gasteiger partial charge in [0.1, 0.15) is 5.82 Å². The standard InChI is InChI=1S/C24H22FN3O4/c1-14-16-8-4-9-18(25)22(16)32-21(14)24(30)28(12-15-6-5-11-31-15)13-20-26-19-10-3-2-7-17(19)23(29)27-20/h2-4,7-10,15H,5-6,11-13H2,1H3,(H,26,27,29). The molecule has 2 aromatic heterocycles. The molecule has 1 saturated heterocycles. The zero-order valence-corrected chi connectivity index (χ0v) is 17.6. The van der Waals surface area contributed by atoms with Gasteiger partial charge in [0.2, 0.25) is 0 Å². The first-order valence-electron chi connectivity index (χ1n) is 10.6. The average molecular weight is 435 g/mol. The number of nitrogens with one attached hydrogen (secondary N) is 1. The number of H-pyrrole nitrogens is 1.